The summed E-state index contributed by atoms with van der Waals surface area (Å²) in [6.45, 7) is 5.28. The van der Waals surface area contributed by atoms with Crippen molar-refractivity contribution in [2.45, 2.75) is 12.8 Å². The Morgan fingerprint density at radius 3 is 2.50 bits per heavy atom. The number of nitrogens with one attached hydrogen (secondary N) is 1. The van der Waals surface area contributed by atoms with Crippen LogP contribution in [0, 0.1) is 0 Å². The highest BCUT2D eigenvalue weighted by Crippen LogP contribution is 2.00. The first-order valence-electron chi connectivity index (χ1n) is 5.29. The van der Waals surface area contributed by atoms with Crippen molar-refractivity contribution >= 4 is 11.9 Å². The fourth-order valence-electron chi connectivity index (χ4n) is 1.30. The number of nitrogens with zero attached hydrogens (tertiary/aromatic N) is 1. The maximum atomic E-state index is 10.8. The number of quaternary nitrogens is 1. The van der Waals surface area contributed by atoms with Gasteiger partial charge in [0.1, 0.15) is 0 Å². The summed E-state index contributed by atoms with van der Waals surface area (Å²) in [5.41, 5.74) is 0. The SMILES string of the molecule is C=CC(=O)NCCC[N+](C)(C)CCC(=O)[O-]. The molecule has 0 saturated heterocycles. The molecular formula is C11H20N2O3. The van der Waals surface area contributed by atoms with Crippen LogP contribution in [0.1, 0.15) is 12.8 Å². The van der Waals surface area contributed by atoms with E-state index in [0.29, 0.717) is 17.6 Å². The van der Waals surface area contributed by atoms with Crippen LogP contribution in [-0.4, -0.2) is 50.1 Å². The van der Waals surface area contributed by atoms with Gasteiger partial charge >= 0.3 is 0 Å². The van der Waals surface area contributed by atoms with Gasteiger partial charge < -0.3 is 19.7 Å². The van der Waals surface area contributed by atoms with Crippen LogP contribution >= 0.6 is 0 Å². The topological polar surface area (TPSA) is 69.2 Å². The van der Waals surface area contributed by atoms with E-state index in [1.54, 1.807) is 0 Å². The molecule has 92 valence electrons. The summed E-state index contributed by atoms with van der Waals surface area (Å²) in [6.07, 6.45) is 2.10. The minimum absolute atomic E-state index is 0.0615. The summed E-state index contributed by atoms with van der Waals surface area (Å²) in [4.78, 5) is 21.1. The highest BCUT2D eigenvalue weighted by Gasteiger charge is 2.13. The summed E-state index contributed by atoms with van der Waals surface area (Å²) in [5.74, 6) is -1.20. The zero-order valence-electron chi connectivity index (χ0n) is 9.99. The monoisotopic (exact) mass is 228 g/mol. The first kappa shape index (κ1) is 14.6. The lowest BCUT2D eigenvalue weighted by atomic mass is 10.3. The first-order valence-corrected chi connectivity index (χ1v) is 5.29. The third-order valence-electron chi connectivity index (χ3n) is 2.35. The molecular weight excluding hydrogens is 208 g/mol. The van der Waals surface area contributed by atoms with E-state index >= 15 is 0 Å². The van der Waals surface area contributed by atoms with Gasteiger partial charge in [0.2, 0.25) is 5.91 Å². The van der Waals surface area contributed by atoms with Crippen molar-refractivity contribution in [1.29, 1.82) is 0 Å². The molecule has 0 rings (SSSR count). The van der Waals surface area contributed by atoms with Gasteiger partial charge in [-0.2, -0.15) is 0 Å². The van der Waals surface area contributed by atoms with Gasteiger partial charge in [0.25, 0.3) is 0 Å². The second-order valence-corrected chi connectivity index (χ2v) is 4.35. The van der Waals surface area contributed by atoms with Crippen molar-refractivity contribution in [1.82, 2.24) is 5.32 Å². The molecule has 5 nitrogen and oxygen atoms in total. The normalized spacial score (nSPS) is 10.9. The molecule has 0 fully saturated rings. The molecule has 5 heteroatoms. The van der Waals surface area contributed by atoms with Crippen molar-refractivity contribution in [2.24, 2.45) is 0 Å². The molecule has 16 heavy (non-hydrogen) atoms. The third kappa shape index (κ3) is 7.99. The molecule has 0 aromatic rings. The molecule has 0 aromatic carbocycles. The van der Waals surface area contributed by atoms with Crippen LogP contribution in [0.2, 0.25) is 0 Å². The molecule has 0 atom stereocenters. The van der Waals surface area contributed by atoms with E-state index in [-0.39, 0.29) is 12.3 Å². The largest absolute Gasteiger partial charge is 0.550 e. The summed E-state index contributed by atoms with van der Waals surface area (Å²) < 4.78 is 0.609. The number of hydrogen-bond acceptors (Lipinski definition) is 3. The van der Waals surface area contributed by atoms with Crippen LogP contribution in [0.3, 0.4) is 0 Å². The fraction of sp³-hybridized carbons (Fsp3) is 0.636. The predicted octanol–water partition coefficient (Wildman–Crippen LogP) is -1.10. The molecule has 0 aliphatic carbocycles. The van der Waals surface area contributed by atoms with Crippen LogP contribution in [0.25, 0.3) is 0 Å². The minimum Gasteiger partial charge on any atom is -0.550 e. The van der Waals surface area contributed by atoms with Gasteiger partial charge in [-0.1, -0.05) is 6.58 Å². The van der Waals surface area contributed by atoms with Crippen molar-refractivity contribution < 1.29 is 19.2 Å². The van der Waals surface area contributed by atoms with Crippen LogP contribution in [0.5, 0.6) is 0 Å². The zero-order chi connectivity index (χ0) is 12.6. The summed E-state index contributed by atoms with van der Waals surface area (Å²) in [6, 6.07) is 0. The number of hydrogen-bond donors (Lipinski definition) is 1. The lowest BCUT2D eigenvalue weighted by molar-refractivity contribution is -0.890. The van der Waals surface area contributed by atoms with Crippen molar-refractivity contribution in [3.8, 4) is 0 Å². The van der Waals surface area contributed by atoms with Crippen molar-refractivity contribution in [3.63, 3.8) is 0 Å². The van der Waals surface area contributed by atoms with E-state index in [1.165, 1.54) is 6.08 Å². The number of carbonyl (C=O) groups is 2. The minimum atomic E-state index is -1.02. The molecule has 0 radical (unpaired) electrons. The van der Waals surface area contributed by atoms with Crippen LogP contribution in [0.15, 0.2) is 12.7 Å². The van der Waals surface area contributed by atoms with E-state index in [1.807, 2.05) is 14.1 Å². The quantitative estimate of drug-likeness (QED) is 0.325. The molecule has 1 N–H and O–H groups in total. The van der Waals surface area contributed by atoms with Crippen molar-refractivity contribution in [3.05, 3.63) is 12.7 Å². The molecule has 0 aliphatic rings. The first-order chi connectivity index (χ1) is 7.37. The molecule has 0 aromatic heterocycles. The standard InChI is InChI=1S/C11H20N2O3/c1-4-10(14)12-7-5-8-13(2,3)9-6-11(15)16/h4H,1,5-9H2,2-3H3,(H-,12,14,15,16). The van der Waals surface area contributed by atoms with E-state index in [0.717, 1.165) is 13.0 Å². The Bertz CT molecular complexity index is 262. The maximum Gasteiger partial charge on any atom is 0.243 e. The number of rotatable bonds is 8. The van der Waals surface area contributed by atoms with E-state index in [9.17, 15) is 14.7 Å². The molecule has 0 saturated carbocycles. The predicted molar refractivity (Wildman–Crippen MR) is 59.3 cm³/mol. The van der Waals surface area contributed by atoms with Gasteiger partial charge in [-0.25, -0.2) is 0 Å². The van der Waals surface area contributed by atoms with Crippen LogP contribution in [0.4, 0.5) is 0 Å². The number of carbonyl (C=O) groups excluding carboxylic acids is 2. The summed E-state index contributed by atoms with van der Waals surface area (Å²) in [7, 11) is 3.91. The maximum absolute atomic E-state index is 10.8. The van der Waals surface area contributed by atoms with Gasteiger partial charge in [-0.15, -0.1) is 0 Å². The summed E-state index contributed by atoms with van der Waals surface area (Å²) in [5, 5.41) is 13.0. The fourth-order valence-corrected chi connectivity index (χ4v) is 1.30. The number of carboxylic acid groups (broad SMARTS) is 1. The highest BCUT2D eigenvalue weighted by molar-refractivity contribution is 5.86. The highest BCUT2D eigenvalue weighted by atomic mass is 16.4. The third-order valence-corrected chi connectivity index (χ3v) is 2.35. The molecule has 0 heterocycles. The zero-order valence-corrected chi connectivity index (χ0v) is 9.99. The van der Waals surface area contributed by atoms with Gasteiger partial charge in [-0.05, 0) is 6.08 Å². The van der Waals surface area contributed by atoms with Gasteiger partial charge in [0.15, 0.2) is 0 Å². The molecule has 0 unspecified atom stereocenters. The van der Waals surface area contributed by atoms with Gasteiger partial charge in [-0.3, -0.25) is 4.79 Å². The number of amides is 1. The van der Waals surface area contributed by atoms with Crippen LogP contribution in [-0.2, 0) is 9.59 Å². The Morgan fingerprint density at radius 1 is 1.38 bits per heavy atom. The Hall–Kier alpha value is -1.36. The lowest BCUT2D eigenvalue weighted by Crippen LogP contribution is -2.44. The Morgan fingerprint density at radius 2 is 2.00 bits per heavy atom. The van der Waals surface area contributed by atoms with Gasteiger partial charge in [0, 0.05) is 25.4 Å². The number of carboxylic acids is 1. The molecule has 0 bridgehead atoms. The Labute approximate surface area is 96.3 Å². The molecule has 0 spiro atoms. The Kier molecular flexibility index (Phi) is 6.41. The van der Waals surface area contributed by atoms with E-state index < -0.39 is 5.97 Å². The lowest BCUT2D eigenvalue weighted by Gasteiger charge is -2.30. The average Bonchev–Trinajstić information content (AvgIpc) is 2.21. The second kappa shape index (κ2) is 7.00. The van der Waals surface area contributed by atoms with E-state index in [2.05, 4.69) is 11.9 Å². The average molecular weight is 228 g/mol. The number of aliphatic carboxylic acids is 1. The van der Waals surface area contributed by atoms with Gasteiger partial charge in [0.05, 0.1) is 27.2 Å². The molecule has 1 amide bonds. The smallest absolute Gasteiger partial charge is 0.243 e. The van der Waals surface area contributed by atoms with E-state index in [4.69, 9.17) is 0 Å². The van der Waals surface area contributed by atoms with Crippen molar-refractivity contribution in [2.75, 3.05) is 33.7 Å². The second-order valence-electron chi connectivity index (χ2n) is 4.35. The van der Waals surface area contributed by atoms with Crippen LogP contribution < -0.4 is 10.4 Å². The molecule has 0 aliphatic heterocycles. The Balaban J connectivity index is 3.69. The summed E-state index contributed by atoms with van der Waals surface area (Å²) >= 11 is 0.